The van der Waals surface area contributed by atoms with Crippen LogP contribution >= 0.6 is 11.6 Å². The highest BCUT2D eigenvalue weighted by Gasteiger charge is 2.23. The molecule has 0 heterocycles. The van der Waals surface area contributed by atoms with E-state index in [1.54, 1.807) is 0 Å². The first kappa shape index (κ1) is 17.7. The van der Waals surface area contributed by atoms with Gasteiger partial charge in [-0.15, -0.1) is 0 Å². The summed E-state index contributed by atoms with van der Waals surface area (Å²) in [5.41, 5.74) is 0.0392. The van der Waals surface area contributed by atoms with Crippen LogP contribution in [-0.2, 0) is 10.0 Å². The SMILES string of the molecule is CCC(C)CNC(=O)c1cc(Cl)cc(S(N)(=O)=O)c1OC. The normalized spacial score (nSPS) is 12.8. The van der Waals surface area contributed by atoms with Crippen LogP contribution in [0, 0.1) is 5.92 Å². The van der Waals surface area contributed by atoms with E-state index in [0.717, 1.165) is 12.5 Å². The smallest absolute Gasteiger partial charge is 0.255 e. The number of rotatable bonds is 6. The maximum Gasteiger partial charge on any atom is 0.255 e. The summed E-state index contributed by atoms with van der Waals surface area (Å²) < 4.78 is 28.2. The van der Waals surface area contributed by atoms with Crippen LogP contribution in [0.4, 0.5) is 0 Å². The van der Waals surface area contributed by atoms with Crippen LogP contribution in [0.2, 0.25) is 5.02 Å². The molecule has 1 rings (SSSR count). The first-order valence-electron chi connectivity index (χ1n) is 6.39. The lowest BCUT2D eigenvalue weighted by molar-refractivity contribution is 0.0944. The molecule has 0 saturated carbocycles. The third kappa shape index (κ3) is 4.59. The lowest BCUT2D eigenvalue weighted by atomic mass is 10.1. The maximum atomic E-state index is 12.2. The second-order valence-corrected chi connectivity index (χ2v) is 6.72. The lowest BCUT2D eigenvalue weighted by Gasteiger charge is -2.14. The Morgan fingerprint density at radius 3 is 2.57 bits per heavy atom. The van der Waals surface area contributed by atoms with Crippen LogP contribution in [0.25, 0.3) is 0 Å². The van der Waals surface area contributed by atoms with E-state index >= 15 is 0 Å². The van der Waals surface area contributed by atoms with Gasteiger partial charge in [-0.05, 0) is 18.1 Å². The number of nitrogens with two attached hydrogens (primary N) is 1. The second kappa shape index (κ2) is 7.11. The van der Waals surface area contributed by atoms with E-state index in [0.29, 0.717) is 12.5 Å². The Morgan fingerprint density at radius 2 is 2.10 bits per heavy atom. The molecule has 0 aliphatic heterocycles. The average molecular weight is 335 g/mol. The van der Waals surface area contributed by atoms with Gasteiger partial charge >= 0.3 is 0 Å². The molecule has 0 aromatic heterocycles. The van der Waals surface area contributed by atoms with Gasteiger partial charge in [0.25, 0.3) is 5.91 Å². The summed E-state index contributed by atoms with van der Waals surface area (Å²) in [4.78, 5) is 11.9. The zero-order valence-electron chi connectivity index (χ0n) is 12.1. The molecule has 1 aromatic carbocycles. The van der Waals surface area contributed by atoms with Crippen molar-refractivity contribution in [2.75, 3.05) is 13.7 Å². The molecule has 0 fully saturated rings. The minimum Gasteiger partial charge on any atom is -0.494 e. The first-order chi connectivity index (χ1) is 9.70. The van der Waals surface area contributed by atoms with E-state index in [9.17, 15) is 13.2 Å². The predicted molar refractivity (Wildman–Crippen MR) is 81.2 cm³/mol. The van der Waals surface area contributed by atoms with E-state index in [4.69, 9.17) is 21.5 Å². The molecular weight excluding hydrogens is 316 g/mol. The Labute approximate surface area is 129 Å². The van der Waals surface area contributed by atoms with Crippen molar-refractivity contribution in [2.45, 2.75) is 25.2 Å². The lowest BCUT2D eigenvalue weighted by Crippen LogP contribution is -2.29. The van der Waals surface area contributed by atoms with Crippen molar-refractivity contribution in [3.63, 3.8) is 0 Å². The summed E-state index contributed by atoms with van der Waals surface area (Å²) in [7, 11) is -2.78. The van der Waals surface area contributed by atoms with E-state index in [1.165, 1.54) is 13.2 Å². The predicted octanol–water partition coefficient (Wildman–Crippen LogP) is 1.77. The van der Waals surface area contributed by atoms with Crippen molar-refractivity contribution in [2.24, 2.45) is 11.1 Å². The third-order valence-corrected chi connectivity index (χ3v) is 4.22. The maximum absolute atomic E-state index is 12.2. The number of nitrogens with one attached hydrogen (secondary N) is 1. The summed E-state index contributed by atoms with van der Waals surface area (Å²) in [6.07, 6.45) is 0.912. The molecule has 1 unspecified atom stereocenters. The molecule has 3 N–H and O–H groups in total. The number of sulfonamides is 1. The minimum atomic E-state index is -4.05. The molecule has 0 spiro atoms. The first-order valence-corrected chi connectivity index (χ1v) is 8.31. The Bertz CT molecular complexity index is 631. The second-order valence-electron chi connectivity index (χ2n) is 4.75. The highest BCUT2D eigenvalue weighted by Crippen LogP contribution is 2.31. The van der Waals surface area contributed by atoms with Crippen LogP contribution in [0.1, 0.15) is 30.6 Å². The number of ether oxygens (including phenoxy) is 1. The summed E-state index contributed by atoms with van der Waals surface area (Å²) in [5, 5.41) is 7.92. The van der Waals surface area contributed by atoms with E-state index in [-0.39, 0.29) is 21.2 Å². The van der Waals surface area contributed by atoms with Gasteiger partial charge in [-0.25, -0.2) is 13.6 Å². The minimum absolute atomic E-state index is 0.0392. The summed E-state index contributed by atoms with van der Waals surface area (Å²) >= 11 is 5.86. The van der Waals surface area contributed by atoms with Gasteiger partial charge in [-0.1, -0.05) is 31.9 Å². The Kier molecular flexibility index (Phi) is 6.00. The highest BCUT2D eigenvalue weighted by atomic mass is 35.5. The highest BCUT2D eigenvalue weighted by molar-refractivity contribution is 7.89. The van der Waals surface area contributed by atoms with Crippen molar-refractivity contribution in [3.05, 3.63) is 22.7 Å². The molecule has 0 saturated heterocycles. The molecule has 0 bridgehead atoms. The van der Waals surface area contributed by atoms with Gasteiger partial charge < -0.3 is 10.1 Å². The molecular formula is C13H19ClN2O4S. The van der Waals surface area contributed by atoms with Gasteiger partial charge in [0, 0.05) is 11.6 Å². The van der Waals surface area contributed by atoms with Crippen LogP contribution in [0.5, 0.6) is 5.75 Å². The number of halogens is 1. The average Bonchev–Trinajstić information content (AvgIpc) is 2.42. The number of benzene rings is 1. The van der Waals surface area contributed by atoms with Gasteiger partial charge in [0.2, 0.25) is 10.0 Å². The number of methoxy groups -OCH3 is 1. The molecule has 0 radical (unpaired) electrons. The van der Waals surface area contributed by atoms with Crippen molar-refractivity contribution >= 4 is 27.5 Å². The molecule has 1 atom stereocenters. The van der Waals surface area contributed by atoms with Gasteiger partial charge in [0.05, 0.1) is 12.7 Å². The molecule has 118 valence electrons. The summed E-state index contributed by atoms with van der Waals surface area (Å²) in [5.74, 6) is -0.264. The quantitative estimate of drug-likeness (QED) is 0.828. The van der Waals surface area contributed by atoms with Crippen molar-refractivity contribution in [3.8, 4) is 5.75 Å². The van der Waals surface area contributed by atoms with Crippen LogP contribution in [0.3, 0.4) is 0 Å². The van der Waals surface area contributed by atoms with Gasteiger partial charge in [0.1, 0.15) is 4.90 Å². The Morgan fingerprint density at radius 1 is 1.48 bits per heavy atom. The van der Waals surface area contributed by atoms with Crippen LogP contribution < -0.4 is 15.2 Å². The van der Waals surface area contributed by atoms with Crippen molar-refractivity contribution in [1.29, 1.82) is 0 Å². The van der Waals surface area contributed by atoms with E-state index in [1.807, 2.05) is 13.8 Å². The van der Waals surface area contributed by atoms with E-state index in [2.05, 4.69) is 5.32 Å². The van der Waals surface area contributed by atoms with Gasteiger partial charge in [-0.2, -0.15) is 0 Å². The number of amides is 1. The fraction of sp³-hybridized carbons (Fsp3) is 0.462. The zero-order chi connectivity index (χ0) is 16.2. The molecule has 6 nitrogen and oxygen atoms in total. The van der Waals surface area contributed by atoms with Crippen molar-refractivity contribution < 1.29 is 17.9 Å². The van der Waals surface area contributed by atoms with Gasteiger partial charge in [-0.3, -0.25) is 4.79 Å². The zero-order valence-corrected chi connectivity index (χ0v) is 13.7. The topological polar surface area (TPSA) is 98.5 Å². The number of carbonyl (C=O) groups excluding carboxylic acids is 1. The summed E-state index contributed by atoms with van der Waals surface area (Å²) in [6, 6.07) is 2.50. The molecule has 8 heteroatoms. The fourth-order valence-electron chi connectivity index (χ4n) is 1.67. The molecule has 0 aliphatic carbocycles. The third-order valence-electron chi connectivity index (χ3n) is 3.08. The fourth-order valence-corrected chi connectivity index (χ4v) is 2.69. The molecule has 1 amide bonds. The Balaban J connectivity index is 3.23. The largest absolute Gasteiger partial charge is 0.494 e. The van der Waals surface area contributed by atoms with E-state index < -0.39 is 15.9 Å². The number of hydrogen-bond acceptors (Lipinski definition) is 4. The number of primary sulfonamides is 1. The Hall–Kier alpha value is -1.31. The molecule has 21 heavy (non-hydrogen) atoms. The summed E-state index contributed by atoms with van der Waals surface area (Å²) in [6.45, 7) is 4.47. The standard InChI is InChI=1S/C13H19ClN2O4S/c1-4-8(2)7-16-13(17)10-5-9(14)6-11(12(10)20-3)21(15,18)19/h5-6,8H,4,7H2,1-3H3,(H,16,17)(H2,15,18,19). The number of hydrogen-bond donors (Lipinski definition) is 2. The number of carbonyl (C=O) groups is 1. The van der Waals surface area contributed by atoms with Crippen LogP contribution in [-0.4, -0.2) is 28.0 Å². The molecule has 1 aromatic rings. The van der Waals surface area contributed by atoms with Crippen LogP contribution in [0.15, 0.2) is 17.0 Å². The monoisotopic (exact) mass is 334 g/mol. The molecule has 0 aliphatic rings. The van der Waals surface area contributed by atoms with Gasteiger partial charge in [0.15, 0.2) is 5.75 Å². The van der Waals surface area contributed by atoms with Crippen molar-refractivity contribution in [1.82, 2.24) is 5.32 Å².